The maximum Gasteiger partial charge on any atom is 0.235 e. The SMILES string of the molecule is O=C=NC1(c2ccc3[nH]cc(Br)c3c2)CC1. The molecule has 0 spiro atoms. The van der Waals surface area contributed by atoms with Crippen molar-refractivity contribution in [3.05, 3.63) is 34.4 Å². The van der Waals surface area contributed by atoms with Gasteiger partial charge in [0.05, 0.1) is 5.54 Å². The second-order valence-electron chi connectivity index (χ2n) is 4.13. The number of aromatic nitrogens is 1. The molecule has 3 rings (SSSR count). The lowest BCUT2D eigenvalue weighted by atomic mass is 10.0. The van der Waals surface area contributed by atoms with E-state index in [2.05, 4.69) is 32.0 Å². The van der Waals surface area contributed by atoms with Gasteiger partial charge in [0.15, 0.2) is 0 Å². The highest BCUT2D eigenvalue weighted by atomic mass is 79.9. The van der Waals surface area contributed by atoms with Crippen molar-refractivity contribution >= 4 is 32.9 Å². The van der Waals surface area contributed by atoms with Crippen molar-refractivity contribution in [3.8, 4) is 0 Å². The molecule has 0 radical (unpaired) electrons. The zero-order valence-electron chi connectivity index (χ0n) is 8.46. The van der Waals surface area contributed by atoms with Crippen molar-refractivity contribution < 1.29 is 4.79 Å². The highest BCUT2D eigenvalue weighted by Crippen LogP contribution is 2.49. The summed E-state index contributed by atoms with van der Waals surface area (Å²) >= 11 is 3.49. The molecule has 1 heterocycles. The van der Waals surface area contributed by atoms with Crippen molar-refractivity contribution in [2.75, 3.05) is 0 Å². The summed E-state index contributed by atoms with van der Waals surface area (Å²) in [7, 11) is 0. The number of H-pyrrole nitrogens is 1. The van der Waals surface area contributed by atoms with Crippen LogP contribution in [0.5, 0.6) is 0 Å². The van der Waals surface area contributed by atoms with Crippen LogP contribution in [0.15, 0.2) is 33.9 Å². The van der Waals surface area contributed by atoms with Crippen LogP contribution in [0.25, 0.3) is 10.9 Å². The number of fused-ring (bicyclic) bond motifs is 1. The molecule has 80 valence electrons. The molecule has 0 amide bonds. The zero-order valence-corrected chi connectivity index (χ0v) is 10.0. The number of aromatic amines is 1. The summed E-state index contributed by atoms with van der Waals surface area (Å²) < 4.78 is 1.04. The molecular formula is C12H9BrN2O. The molecule has 1 N–H and O–H groups in total. The standard InChI is InChI=1S/C12H9BrN2O/c13-10-6-14-11-2-1-8(5-9(10)11)12(3-4-12)15-7-16/h1-2,5-6,14H,3-4H2. The first-order valence-corrected chi connectivity index (χ1v) is 5.91. The molecule has 1 aliphatic carbocycles. The molecule has 1 aromatic carbocycles. The fourth-order valence-electron chi connectivity index (χ4n) is 2.05. The Morgan fingerprint density at radius 3 is 2.94 bits per heavy atom. The fourth-order valence-corrected chi connectivity index (χ4v) is 2.49. The van der Waals surface area contributed by atoms with E-state index in [4.69, 9.17) is 0 Å². The van der Waals surface area contributed by atoms with Gasteiger partial charge >= 0.3 is 0 Å². The van der Waals surface area contributed by atoms with Gasteiger partial charge in [0.25, 0.3) is 0 Å². The molecule has 3 nitrogen and oxygen atoms in total. The van der Waals surface area contributed by atoms with Crippen LogP contribution in [-0.2, 0) is 10.3 Å². The van der Waals surface area contributed by atoms with Crippen LogP contribution >= 0.6 is 15.9 Å². The Balaban J connectivity index is 2.18. The van der Waals surface area contributed by atoms with Gasteiger partial charge < -0.3 is 4.98 Å². The molecule has 2 aromatic rings. The van der Waals surface area contributed by atoms with Crippen LogP contribution in [-0.4, -0.2) is 11.1 Å². The number of benzene rings is 1. The van der Waals surface area contributed by atoms with Gasteiger partial charge in [0, 0.05) is 21.6 Å². The quantitative estimate of drug-likeness (QED) is 0.664. The van der Waals surface area contributed by atoms with Crippen LogP contribution in [0.2, 0.25) is 0 Å². The largest absolute Gasteiger partial charge is 0.360 e. The lowest BCUT2D eigenvalue weighted by Crippen LogP contribution is -2.01. The minimum absolute atomic E-state index is 0.285. The fraction of sp³-hybridized carbons (Fsp3) is 0.250. The number of aliphatic imine (C=N–C) groups is 1. The third-order valence-electron chi connectivity index (χ3n) is 3.15. The average molecular weight is 277 g/mol. The van der Waals surface area contributed by atoms with Gasteiger partial charge in [-0.1, -0.05) is 6.07 Å². The number of carbonyl (C=O) groups excluding carboxylic acids is 1. The second kappa shape index (κ2) is 3.30. The second-order valence-corrected chi connectivity index (χ2v) is 4.99. The van der Waals surface area contributed by atoms with Gasteiger partial charge in [0.1, 0.15) is 0 Å². The van der Waals surface area contributed by atoms with E-state index in [9.17, 15) is 4.79 Å². The molecule has 0 bridgehead atoms. The Morgan fingerprint density at radius 2 is 2.25 bits per heavy atom. The summed E-state index contributed by atoms with van der Waals surface area (Å²) in [4.78, 5) is 17.5. The van der Waals surface area contributed by atoms with Crippen molar-refractivity contribution in [1.29, 1.82) is 0 Å². The normalized spacial score (nSPS) is 17.1. The first-order valence-electron chi connectivity index (χ1n) is 5.11. The Kier molecular flexibility index (Phi) is 2.03. The highest BCUT2D eigenvalue weighted by molar-refractivity contribution is 9.10. The molecule has 0 saturated heterocycles. The number of hydrogen-bond acceptors (Lipinski definition) is 2. The maximum absolute atomic E-state index is 10.4. The Bertz CT molecular complexity index is 607. The molecule has 1 fully saturated rings. The molecule has 1 aliphatic rings. The summed E-state index contributed by atoms with van der Waals surface area (Å²) in [5, 5.41) is 1.13. The zero-order chi connectivity index (χ0) is 11.2. The van der Waals surface area contributed by atoms with E-state index in [1.807, 2.05) is 18.3 Å². The predicted molar refractivity (Wildman–Crippen MR) is 65.0 cm³/mol. The van der Waals surface area contributed by atoms with E-state index in [1.54, 1.807) is 6.08 Å². The number of nitrogens with one attached hydrogen (secondary N) is 1. The van der Waals surface area contributed by atoms with E-state index in [0.717, 1.165) is 33.8 Å². The van der Waals surface area contributed by atoms with Crippen LogP contribution in [0.4, 0.5) is 0 Å². The Hall–Kier alpha value is -1.38. The molecule has 0 unspecified atom stereocenters. The minimum Gasteiger partial charge on any atom is -0.360 e. The number of isocyanates is 1. The number of hydrogen-bond donors (Lipinski definition) is 1. The summed E-state index contributed by atoms with van der Waals surface area (Å²) in [5.41, 5.74) is 1.90. The molecule has 0 atom stereocenters. The van der Waals surface area contributed by atoms with Crippen molar-refractivity contribution in [1.82, 2.24) is 4.98 Å². The van der Waals surface area contributed by atoms with E-state index in [0.29, 0.717) is 0 Å². The van der Waals surface area contributed by atoms with Crippen LogP contribution < -0.4 is 0 Å². The van der Waals surface area contributed by atoms with E-state index in [1.165, 1.54) is 0 Å². The van der Waals surface area contributed by atoms with Crippen LogP contribution in [0.1, 0.15) is 18.4 Å². The summed E-state index contributed by atoms with van der Waals surface area (Å²) in [6.45, 7) is 0. The van der Waals surface area contributed by atoms with Crippen molar-refractivity contribution in [2.45, 2.75) is 18.4 Å². The first-order chi connectivity index (χ1) is 7.75. The van der Waals surface area contributed by atoms with Gasteiger partial charge in [-0.3, -0.25) is 0 Å². The number of nitrogens with zero attached hydrogens (tertiary/aromatic N) is 1. The lowest BCUT2D eigenvalue weighted by Gasteiger charge is -2.07. The predicted octanol–water partition coefficient (Wildman–Crippen LogP) is 3.26. The van der Waals surface area contributed by atoms with Gasteiger partial charge in [-0.05, 0) is 46.5 Å². The van der Waals surface area contributed by atoms with E-state index >= 15 is 0 Å². The van der Waals surface area contributed by atoms with E-state index in [-0.39, 0.29) is 5.54 Å². The van der Waals surface area contributed by atoms with E-state index < -0.39 is 0 Å². The lowest BCUT2D eigenvalue weighted by molar-refractivity contribution is 0.556. The van der Waals surface area contributed by atoms with Crippen molar-refractivity contribution in [3.63, 3.8) is 0 Å². The summed E-state index contributed by atoms with van der Waals surface area (Å²) in [5.74, 6) is 0. The number of halogens is 1. The molecular weight excluding hydrogens is 268 g/mol. The first kappa shape index (κ1) is 9.82. The molecule has 1 aromatic heterocycles. The summed E-state index contributed by atoms with van der Waals surface area (Å²) in [6.07, 6.45) is 5.48. The molecule has 16 heavy (non-hydrogen) atoms. The minimum atomic E-state index is -0.285. The monoisotopic (exact) mass is 276 g/mol. The number of rotatable bonds is 2. The average Bonchev–Trinajstić information content (AvgIpc) is 2.99. The smallest absolute Gasteiger partial charge is 0.235 e. The maximum atomic E-state index is 10.4. The van der Waals surface area contributed by atoms with Gasteiger partial charge in [-0.25, -0.2) is 4.79 Å². The molecule has 4 heteroatoms. The topological polar surface area (TPSA) is 45.2 Å². The van der Waals surface area contributed by atoms with Gasteiger partial charge in [0.2, 0.25) is 6.08 Å². The van der Waals surface area contributed by atoms with Gasteiger partial charge in [-0.2, -0.15) is 4.99 Å². The Labute approximate surface area is 101 Å². The third-order valence-corrected chi connectivity index (χ3v) is 3.81. The van der Waals surface area contributed by atoms with Crippen LogP contribution in [0, 0.1) is 0 Å². The molecule has 0 aliphatic heterocycles. The molecule has 1 saturated carbocycles. The highest BCUT2D eigenvalue weighted by Gasteiger charge is 2.44. The van der Waals surface area contributed by atoms with Crippen molar-refractivity contribution in [2.24, 2.45) is 4.99 Å². The third kappa shape index (κ3) is 1.34. The Morgan fingerprint density at radius 1 is 1.44 bits per heavy atom. The summed E-state index contributed by atoms with van der Waals surface area (Å²) in [6, 6.07) is 6.14. The van der Waals surface area contributed by atoms with Gasteiger partial charge in [-0.15, -0.1) is 0 Å². The van der Waals surface area contributed by atoms with Crippen LogP contribution in [0.3, 0.4) is 0 Å².